The minimum Gasteiger partial charge on any atom is -0.466 e. The Labute approximate surface area is 122 Å². The van der Waals surface area contributed by atoms with Crippen LogP contribution in [0.5, 0.6) is 0 Å². The van der Waals surface area contributed by atoms with Gasteiger partial charge in [0, 0.05) is 0 Å². The lowest BCUT2D eigenvalue weighted by molar-refractivity contribution is -0.147. The molecular formula is C13H20N2O6. The van der Waals surface area contributed by atoms with Gasteiger partial charge in [0.05, 0.1) is 32.2 Å². The van der Waals surface area contributed by atoms with Gasteiger partial charge in [0.1, 0.15) is 0 Å². The van der Waals surface area contributed by atoms with E-state index in [0.29, 0.717) is 0 Å². The van der Waals surface area contributed by atoms with Crippen molar-refractivity contribution in [2.75, 3.05) is 19.8 Å². The van der Waals surface area contributed by atoms with Gasteiger partial charge in [-0.25, -0.2) is 9.59 Å². The predicted molar refractivity (Wildman–Crippen MR) is 72.4 cm³/mol. The molecule has 1 rings (SSSR count). The van der Waals surface area contributed by atoms with Gasteiger partial charge in [-0.2, -0.15) is 5.10 Å². The monoisotopic (exact) mass is 300 g/mol. The molecule has 0 spiro atoms. The number of ether oxygens (including phenoxy) is 3. The largest absolute Gasteiger partial charge is 0.466 e. The Hall–Kier alpha value is -2.12. The fraction of sp³-hybridized carbons (Fsp3) is 0.692. The van der Waals surface area contributed by atoms with Crippen molar-refractivity contribution in [3.05, 3.63) is 0 Å². The van der Waals surface area contributed by atoms with Gasteiger partial charge in [-0.3, -0.25) is 10.2 Å². The Morgan fingerprint density at radius 1 is 1.05 bits per heavy atom. The summed E-state index contributed by atoms with van der Waals surface area (Å²) in [7, 11) is 0. The van der Waals surface area contributed by atoms with Gasteiger partial charge in [0.2, 0.25) is 0 Å². The minimum absolute atomic E-state index is 0.00274. The van der Waals surface area contributed by atoms with E-state index in [-0.39, 0.29) is 32.0 Å². The zero-order valence-electron chi connectivity index (χ0n) is 12.4. The number of carbonyl (C=O) groups is 3. The van der Waals surface area contributed by atoms with E-state index in [1.807, 2.05) is 0 Å². The molecule has 118 valence electrons. The average molecular weight is 300 g/mol. The average Bonchev–Trinajstić information content (AvgIpc) is 2.83. The highest BCUT2D eigenvalue weighted by Crippen LogP contribution is 2.20. The molecule has 1 heterocycles. The first-order valence-corrected chi connectivity index (χ1v) is 6.87. The molecule has 0 aromatic rings. The van der Waals surface area contributed by atoms with Gasteiger partial charge in [0.25, 0.3) is 0 Å². The van der Waals surface area contributed by atoms with Crippen molar-refractivity contribution in [1.29, 1.82) is 0 Å². The second-order valence-electron chi connectivity index (χ2n) is 4.19. The maximum atomic E-state index is 11.9. The first-order chi connectivity index (χ1) is 10.0. The number of carbonyl (C=O) groups excluding carboxylic acids is 3. The molecule has 8 nitrogen and oxygen atoms in total. The van der Waals surface area contributed by atoms with E-state index in [1.165, 1.54) is 0 Å². The summed E-state index contributed by atoms with van der Waals surface area (Å²) in [5, 5.41) is 3.82. The lowest BCUT2D eigenvalue weighted by Crippen LogP contribution is -2.41. The third-order valence-corrected chi connectivity index (χ3v) is 2.79. The fourth-order valence-electron chi connectivity index (χ4n) is 1.93. The van der Waals surface area contributed by atoms with Crippen LogP contribution < -0.4 is 5.43 Å². The molecule has 0 aromatic carbocycles. The number of nitrogens with zero attached hydrogens (tertiary/aromatic N) is 1. The highest BCUT2D eigenvalue weighted by Gasteiger charge is 2.43. The predicted octanol–water partition coefficient (Wildman–Crippen LogP) is 0.00980. The van der Waals surface area contributed by atoms with E-state index in [2.05, 4.69) is 10.5 Å². The molecule has 2 atom stereocenters. The molecule has 0 amide bonds. The smallest absolute Gasteiger partial charge is 0.354 e. The summed E-state index contributed by atoms with van der Waals surface area (Å²) in [4.78, 5) is 35.3. The van der Waals surface area contributed by atoms with Gasteiger partial charge in [0.15, 0.2) is 11.8 Å². The molecule has 0 fully saturated rings. The third-order valence-electron chi connectivity index (χ3n) is 2.79. The van der Waals surface area contributed by atoms with Crippen molar-refractivity contribution in [2.24, 2.45) is 11.0 Å². The molecule has 0 bridgehead atoms. The number of hydrogen-bond donors (Lipinski definition) is 1. The zero-order valence-corrected chi connectivity index (χ0v) is 12.4. The topological polar surface area (TPSA) is 103 Å². The molecule has 0 aromatic heterocycles. The van der Waals surface area contributed by atoms with Gasteiger partial charge < -0.3 is 14.2 Å². The molecule has 8 heteroatoms. The Morgan fingerprint density at radius 2 is 1.67 bits per heavy atom. The Kier molecular flexibility index (Phi) is 6.64. The number of hydrazone groups is 1. The first-order valence-electron chi connectivity index (χ1n) is 6.87. The SMILES string of the molecule is CCOC(=O)C[C@H]1C(C(=O)OCC)=NN[C@@H]1C(=O)OCC. The van der Waals surface area contributed by atoms with Crippen LogP contribution in [-0.4, -0.2) is 49.5 Å². The quantitative estimate of drug-likeness (QED) is 0.521. The Balaban J connectivity index is 2.85. The van der Waals surface area contributed by atoms with Crippen LogP contribution in [-0.2, 0) is 28.6 Å². The van der Waals surface area contributed by atoms with Crippen molar-refractivity contribution < 1.29 is 28.6 Å². The van der Waals surface area contributed by atoms with Gasteiger partial charge in [-0.1, -0.05) is 0 Å². The van der Waals surface area contributed by atoms with E-state index >= 15 is 0 Å². The summed E-state index contributed by atoms with van der Waals surface area (Å²) in [6.45, 7) is 5.58. The number of esters is 3. The second-order valence-corrected chi connectivity index (χ2v) is 4.19. The maximum Gasteiger partial charge on any atom is 0.354 e. The van der Waals surface area contributed by atoms with Crippen LogP contribution >= 0.6 is 0 Å². The highest BCUT2D eigenvalue weighted by molar-refractivity contribution is 6.38. The van der Waals surface area contributed by atoms with Crippen LogP contribution in [0.3, 0.4) is 0 Å². The van der Waals surface area contributed by atoms with Crippen molar-refractivity contribution in [1.82, 2.24) is 5.43 Å². The van der Waals surface area contributed by atoms with Gasteiger partial charge >= 0.3 is 17.9 Å². The summed E-state index contributed by atoms with van der Waals surface area (Å²) >= 11 is 0. The van der Waals surface area contributed by atoms with Gasteiger partial charge in [-0.05, 0) is 20.8 Å². The molecule has 1 N–H and O–H groups in total. The molecule has 0 saturated heterocycles. The summed E-state index contributed by atoms with van der Waals surface area (Å²) in [6.07, 6.45) is -0.151. The van der Waals surface area contributed by atoms with Crippen LogP contribution in [0.4, 0.5) is 0 Å². The van der Waals surface area contributed by atoms with Crippen molar-refractivity contribution in [3.63, 3.8) is 0 Å². The fourth-order valence-corrected chi connectivity index (χ4v) is 1.93. The molecule has 0 saturated carbocycles. The molecule has 1 aliphatic rings. The molecule has 0 radical (unpaired) electrons. The molecule has 0 unspecified atom stereocenters. The second kappa shape index (κ2) is 8.23. The molecule has 0 aliphatic carbocycles. The van der Waals surface area contributed by atoms with Crippen LogP contribution in [0.15, 0.2) is 5.10 Å². The summed E-state index contributed by atoms with van der Waals surface area (Å²) in [6, 6.07) is -0.895. The molecule has 1 aliphatic heterocycles. The Bertz CT molecular complexity index is 434. The first kappa shape index (κ1) is 16.9. The summed E-state index contributed by atoms with van der Waals surface area (Å²) < 4.78 is 14.6. The molecule has 21 heavy (non-hydrogen) atoms. The third kappa shape index (κ3) is 4.44. The van der Waals surface area contributed by atoms with E-state index in [1.54, 1.807) is 20.8 Å². The van der Waals surface area contributed by atoms with E-state index < -0.39 is 29.9 Å². The van der Waals surface area contributed by atoms with Crippen LogP contribution in [0.1, 0.15) is 27.2 Å². The highest BCUT2D eigenvalue weighted by atomic mass is 16.5. The molecular weight excluding hydrogens is 280 g/mol. The number of hydrogen-bond acceptors (Lipinski definition) is 8. The van der Waals surface area contributed by atoms with Crippen molar-refractivity contribution in [3.8, 4) is 0 Å². The number of rotatable bonds is 7. The van der Waals surface area contributed by atoms with Crippen LogP contribution in [0.2, 0.25) is 0 Å². The lowest BCUT2D eigenvalue weighted by atomic mass is 9.92. The van der Waals surface area contributed by atoms with Crippen molar-refractivity contribution >= 4 is 23.6 Å². The Morgan fingerprint density at radius 3 is 2.24 bits per heavy atom. The zero-order chi connectivity index (χ0) is 15.8. The van der Waals surface area contributed by atoms with Crippen LogP contribution in [0.25, 0.3) is 0 Å². The maximum absolute atomic E-state index is 11.9. The standard InChI is InChI=1S/C13H20N2O6/c1-4-19-9(16)7-8-10(12(17)20-5-2)14-15-11(8)13(18)21-6-3/h8,10,14H,4-7H2,1-3H3/t8-,10+/m1/s1. The van der Waals surface area contributed by atoms with Gasteiger partial charge in [-0.15, -0.1) is 0 Å². The summed E-state index contributed by atoms with van der Waals surface area (Å²) in [5.41, 5.74) is 2.54. The normalized spacial score (nSPS) is 20.2. The van der Waals surface area contributed by atoms with Crippen LogP contribution in [0, 0.1) is 5.92 Å². The van der Waals surface area contributed by atoms with E-state index in [9.17, 15) is 14.4 Å². The van der Waals surface area contributed by atoms with E-state index in [4.69, 9.17) is 14.2 Å². The number of nitrogens with one attached hydrogen (secondary N) is 1. The van der Waals surface area contributed by atoms with Crippen molar-refractivity contribution in [2.45, 2.75) is 33.2 Å². The minimum atomic E-state index is -0.895. The lowest BCUT2D eigenvalue weighted by Gasteiger charge is -2.17. The van der Waals surface area contributed by atoms with E-state index in [0.717, 1.165) is 0 Å². The summed E-state index contributed by atoms with van der Waals surface area (Å²) in [5.74, 6) is -2.51.